The standard InChI is InChI=1S/C24H27N2/c1-15(2)20-14-17(4)23-19-9-7-8-10-21(19)26(24(23)18(20)5)22-13-16(3)11-12-25(22)6/h7-15H,1-6H3/q+1. The molecule has 0 fully saturated rings. The fourth-order valence-corrected chi connectivity index (χ4v) is 4.26. The van der Waals surface area contributed by atoms with E-state index < -0.39 is 0 Å². The predicted octanol–water partition coefficient (Wildman–Crippen LogP) is 5.66. The molecule has 2 aromatic carbocycles. The summed E-state index contributed by atoms with van der Waals surface area (Å²) in [7, 11) is 2.13. The average Bonchev–Trinajstić information content (AvgIpc) is 2.96. The number of hydrogen-bond donors (Lipinski definition) is 0. The SMILES string of the molecule is Cc1cc[n+](C)c(-n2c3ccccc3c3c(C)cc(C(C)C)c(C)c32)c1. The molecular formula is C24H27N2+. The molecule has 0 bridgehead atoms. The van der Waals surface area contributed by atoms with E-state index in [1.54, 1.807) is 0 Å². The fourth-order valence-electron chi connectivity index (χ4n) is 4.26. The van der Waals surface area contributed by atoms with E-state index in [9.17, 15) is 0 Å². The van der Waals surface area contributed by atoms with E-state index in [2.05, 4.69) is 99.5 Å². The molecule has 0 saturated carbocycles. The van der Waals surface area contributed by atoms with Crippen LogP contribution in [0.25, 0.3) is 27.6 Å². The summed E-state index contributed by atoms with van der Waals surface area (Å²) in [6, 6.07) is 15.6. The zero-order valence-electron chi connectivity index (χ0n) is 16.6. The molecule has 4 rings (SSSR count). The van der Waals surface area contributed by atoms with Gasteiger partial charge in [0, 0.05) is 22.4 Å². The Balaban J connectivity index is 2.29. The van der Waals surface area contributed by atoms with Crippen molar-refractivity contribution in [2.75, 3.05) is 0 Å². The van der Waals surface area contributed by atoms with Crippen molar-refractivity contribution in [2.24, 2.45) is 7.05 Å². The number of nitrogens with zero attached hydrogens (tertiary/aromatic N) is 2. The monoisotopic (exact) mass is 343 g/mol. The van der Waals surface area contributed by atoms with E-state index in [0.717, 1.165) is 0 Å². The first-order chi connectivity index (χ1) is 12.4. The Bertz CT molecular complexity index is 1150. The van der Waals surface area contributed by atoms with Crippen molar-refractivity contribution in [2.45, 2.75) is 40.5 Å². The van der Waals surface area contributed by atoms with Gasteiger partial charge in [0.1, 0.15) is 11.0 Å². The lowest BCUT2D eigenvalue weighted by molar-refractivity contribution is -0.665. The third-order valence-electron chi connectivity index (χ3n) is 5.56. The van der Waals surface area contributed by atoms with Gasteiger partial charge in [-0.05, 0) is 61.6 Å². The Morgan fingerprint density at radius 2 is 1.69 bits per heavy atom. The van der Waals surface area contributed by atoms with Gasteiger partial charge in [0.05, 0.1) is 13.2 Å². The van der Waals surface area contributed by atoms with Gasteiger partial charge >= 0.3 is 0 Å². The number of pyridine rings is 1. The summed E-state index contributed by atoms with van der Waals surface area (Å²) in [5.74, 6) is 1.72. The van der Waals surface area contributed by atoms with Crippen LogP contribution in [0, 0.1) is 20.8 Å². The summed E-state index contributed by atoms with van der Waals surface area (Å²) in [5, 5.41) is 2.71. The maximum absolute atomic E-state index is 2.45. The summed E-state index contributed by atoms with van der Waals surface area (Å²) < 4.78 is 4.67. The predicted molar refractivity (Wildman–Crippen MR) is 110 cm³/mol. The average molecular weight is 343 g/mol. The second-order valence-corrected chi connectivity index (χ2v) is 7.81. The van der Waals surface area contributed by atoms with Crippen LogP contribution in [0.2, 0.25) is 0 Å². The lowest BCUT2D eigenvalue weighted by atomic mass is 9.92. The van der Waals surface area contributed by atoms with Gasteiger partial charge in [-0.25, -0.2) is 4.57 Å². The van der Waals surface area contributed by atoms with E-state index in [4.69, 9.17) is 0 Å². The third-order valence-corrected chi connectivity index (χ3v) is 5.56. The molecule has 0 amide bonds. The first-order valence-corrected chi connectivity index (χ1v) is 9.40. The van der Waals surface area contributed by atoms with Gasteiger partial charge in [0.25, 0.3) is 5.82 Å². The van der Waals surface area contributed by atoms with Crippen molar-refractivity contribution >= 4 is 21.8 Å². The fraction of sp³-hybridized carbons (Fsp3) is 0.292. The van der Waals surface area contributed by atoms with Crippen molar-refractivity contribution in [1.29, 1.82) is 0 Å². The topological polar surface area (TPSA) is 8.81 Å². The number of benzene rings is 2. The molecule has 0 aliphatic carbocycles. The zero-order valence-corrected chi connectivity index (χ0v) is 16.6. The first-order valence-electron chi connectivity index (χ1n) is 9.40. The first kappa shape index (κ1) is 16.8. The molecule has 132 valence electrons. The Labute approximate surface area is 155 Å². The van der Waals surface area contributed by atoms with E-state index in [0.29, 0.717) is 5.92 Å². The maximum atomic E-state index is 2.45. The molecular weight excluding hydrogens is 316 g/mol. The quantitative estimate of drug-likeness (QED) is 0.415. The second kappa shape index (κ2) is 5.98. The van der Waals surface area contributed by atoms with Crippen LogP contribution in [0.3, 0.4) is 0 Å². The lowest BCUT2D eigenvalue weighted by Gasteiger charge is -2.13. The number of para-hydroxylation sites is 1. The number of fused-ring (bicyclic) bond motifs is 3. The lowest BCUT2D eigenvalue weighted by Crippen LogP contribution is -2.33. The number of aromatic nitrogens is 2. The molecule has 2 aromatic heterocycles. The van der Waals surface area contributed by atoms with Gasteiger partial charge in [-0.15, -0.1) is 0 Å². The Kier molecular flexibility index (Phi) is 3.87. The van der Waals surface area contributed by atoms with Crippen LogP contribution in [0.5, 0.6) is 0 Å². The van der Waals surface area contributed by atoms with Gasteiger partial charge in [-0.2, -0.15) is 4.57 Å². The molecule has 0 unspecified atom stereocenters. The summed E-state index contributed by atoms with van der Waals surface area (Å²) in [6.07, 6.45) is 2.15. The van der Waals surface area contributed by atoms with E-state index >= 15 is 0 Å². The molecule has 0 spiro atoms. The van der Waals surface area contributed by atoms with E-state index in [-0.39, 0.29) is 0 Å². The summed E-state index contributed by atoms with van der Waals surface area (Å²) in [6.45, 7) is 11.3. The normalized spacial score (nSPS) is 11.8. The van der Waals surface area contributed by atoms with Crippen molar-refractivity contribution in [1.82, 2.24) is 4.57 Å². The summed E-state index contributed by atoms with van der Waals surface area (Å²) >= 11 is 0. The largest absolute Gasteiger partial charge is 0.286 e. The minimum atomic E-state index is 0.510. The Morgan fingerprint density at radius 3 is 2.42 bits per heavy atom. The molecule has 4 aromatic rings. The van der Waals surface area contributed by atoms with Crippen molar-refractivity contribution in [3.05, 3.63) is 70.9 Å². The molecule has 0 radical (unpaired) electrons. The van der Waals surface area contributed by atoms with Crippen molar-refractivity contribution in [3.8, 4) is 5.82 Å². The molecule has 0 saturated heterocycles. The highest BCUT2D eigenvalue weighted by molar-refractivity contribution is 6.12. The Hall–Kier alpha value is -2.61. The van der Waals surface area contributed by atoms with Crippen molar-refractivity contribution < 1.29 is 4.57 Å². The molecule has 2 heterocycles. The highest BCUT2D eigenvalue weighted by atomic mass is 15.1. The molecule has 0 aliphatic heterocycles. The molecule has 2 heteroatoms. The summed E-state index contributed by atoms with van der Waals surface area (Å²) in [5.41, 5.74) is 8.08. The van der Waals surface area contributed by atoms with Gasteiger partial charge in [0.15, 0.2) is 0 Å². The zero-order chi connectivity index (χ0) is 18.6. The number of aryl methyl sites for hydroxylation is 4. The minimum Gasteiger partial charge on any atom is -0.237 e. The van der Waals surface area contributed by atoms with Gasteiger partial charge in [-0.3, -0.25) is 0 Å². The third kappa shape index (κ3) is 2.36. The van der Waals surface area contributed by atoms with Crippen LogP contribution in [0.15, 0.2) is 48.7 Å². The number of hydrogen-bond acceptors (Lipinski definition) is 0. The highest BCUT2D eigenvalue weighted by Gasteiger charge is 2.25. The van der Waals surface area contributed by atoms with Gasteiger partial charge < -0.3 is 0 Å². The van der Waals surface area contributed by atoms with Gasteiger partial charge in [-0.1, -0.05) is 32.0 Å². The summed E-state index contributed by atoms with van der Waals surface area (Å²) in [4.78, 5) is 0. The molecule has 0 N–H and O–H groups in total. The molecule has 26 heavy (non-hydrogen) atoms. The smallest absolute Gasteiger partial charge is 0.237 e. The van der Waals surface area contributed by atoms with Crippen LogP contribution >= 0.6 is 0 Å². The van der Waals surface area contributed by atoms with E-state index in [1.165, 1.54) is 49.9 Å². The van der Waals surface area contributed by atoms with Crippen LogP contribution in [0.1, 0.15) is 42.0 Å². The van der Waals surface area contributed by atoms with Crippen molar-refractivity contribution in [3.63, 3.8) is 0 Å². The molecule has 0 aliphatic rings. The van der Waals surface area contributed by atoms with Gasteiger partial charge in [0.2, 0.25) is 0 Å². The molecule has 2 nitrogen and oxygen atoms in total. The highest BCUT2D eigenvalue weighted by Crippen LogP contribution is 2.38. The Morgan fingerprint density at radius 1 is 0.962 bits per heavy atom. The molecule has 0 atom stereocenters. The maximum Gasteiger partial charge on any atom is 0.286 e. The van der Waals surface area contributed by atoms with Crippen LogP contribution in [-0.4, -0.2) is 4.57 Å². The number of rotatable bonds is 2. The second-order valence-electron chi connectivity index (χ2n) is 7.81. The van der Waals surface area contributed by atoms with Crippen LogP contribution in [0.4, 0.5) is 0 Å². The van der Waals surface area contributed by atoms with Crippen LogP contribution < -0.4 is 4.57 Å². The minimum absolute atomic E-state index is 0.510. The van der Waals surface area contributed by atoms with Crippen LogP contribution in [-0.2, 0) is 7.05 Å². The van der Waals surface area contributed by atoms with E-state index in [1.807, 2.05) is 0 Å².